The number of carboxylic acids is 2. The van der Waals surface area contributed by atoms with Gasteiger partial charge in [0.15, 0.2) is 0 Å². The molecule has 0 unspecified atom stereocenters. The molecule has 2 N–H and O–H groups in total. The molecule has 0 saturated carbocycles. The second-order valence-corrected chi connectivity index (χ2v) is 14.2. The first-order chi connectivity index (χ1) is 15.5. The van der Waals surface area contributed by atoms with Crippen LogP contribution in [0.4, 0.5) is 0 Å². The second kappa shape index (κ2) is 16.2. The highest BCUT2D eigenvalue weighted by Crippen LogP contribution is 2.61. The van der Waals surface area contributed by atoms with Crippen molar-refractivity contribution in [1.29, 1.82) is 0 Å². The summed E-state index contributed by atoms with van der Waals surface area (Å²) < 4.78 is 32.2. The molecule has 0 fully saturated rings. The van der Waals surface area contributed by atoms with E-state index in [1.165, 1.54) is 51.4 Å². The van der Waals surface area contributed by atoms with Crippen LogP contribution in [0.25, 0.3) is 0 Å². The van der Waals surface area contributed by atoms with E-state index in [1.807, 2.05) is 0 Å². The molecule has 1 aromatic rings. The van der Waals surface area contributed by atoms with Crippen LogP contribution in [-0.2, 0) is 10.1 Å². The van der Waals surface area contributed by atoms with Crippen LogP contribution in [0, 0.1) is 0 Å². The molecule has 0 spiro atoms. The highest BCUT2D eigenvalue weighted by Gasteiger charge is 2.34. The highest BCUT2D eigenvalue weighted by molar-refractivity contribution is 7.85. The topological polar surface area (TPSA) is 132 Å². The van der Waals surface area contributed by atoms with Gasteiger partial charge in [-0.2, -0.15) is 0 Å². The lowest BCUT2D eigenvalue weighted by Gasteiger charge is -2.28. The molecular formula is C24H41O7PS. The summed E-state index contributed by atoms with van der Waals surface area (Å²) in [6.07, 6.45) is 17.9. The molecule has 0 amide bonds. The number of hydrogen-bond acceptors (Lipinski definition) is 5. The number of aromatic carboxylic acids is 2. The van der Waals surface area contributed by atoms with Crippen molar-refractivity contribution in [3.05, 3.63) is 29.3 Å². The molecule has 0 heterocycles. The van der Waals surface area contributed by atoms with Gasteiger partial charge >= 0.3 is 11.9 Å². The Morgan fingerprint density at radius 2 is 1.18 bits per heavy atom. The summed E-state index contributed by atoms with van der Waals surface area (Å²) in [4.78, 5) is 20.3. The zero-order valence-corrected chi connectivity index (χ0v) is 22.2. The third-order valence-electron chi connectivity index (χ3n) is 5.68. The predicted molar refractivity (Wildman–Crippen MR) is 134 cm³/mol. The summed E-state index contributed by atoms with van der Waals surface area (Å²) in [7, 11) is -5.59. The van der Waals surface area contributed by atoms with Gasteiger partial charge in [-0.05, 0) is 37.8 Å². The summed E-state index contributed by atoms with van der Waals surface area (Å²) in [6, 6.07) is 2.64. The molecule has 1 aromatic carbocycles. The van der Waals surface area contributed by atoms with Crippen LogP contribution in [0.15, 0.2) is 23.1 Å². The molecule has 0 aliphatic carbocycles. The van der Waals surface area contributed by atoms with E-state index in [0.29, 0.717) is 0 Å². The Hall–Kier alpha value is -1.50. The Bertz CT molecular complexity index is 800. The molecule has 1 rings (SSSR count). The lowest BCUT2D eigenvalue weighted by molar-refractivity contribution is 0.0648. The van der Waals surface area contributed by atoms with E-state index < -0.39 is 45.3 Å². The summed E-state index contributed by atoms with van der Waals surface area (Å²) in [5, 5.41) is 17.3. The Balaban J connectivity index is 0.000000621. The van der Waals surface area contributed by atoms with Gasteiger partial charge in [0, 0.05) is 7.26 Å². The van der Waals surface area contributed by atoms with Crippen molar-refractivity contribution < 1.29 is 32.8 Å². The van der Waals surface area contributed by atoms with Gasteiger partial charge in [0.05, 0.1) is 40.7 Å². The Morgan fingerprint density at radius 1 is 0.788 bits per heavy atom. The van der Waals surface area contributed by atoms with Gasteiger partial charge < -0.3 is 14.8 Å². The van der Waals surface area contributed by atoms with Crippen molar-refractivity contribution in [2.45, 2.75) is 84.0 Å². The lowest BCUT2D eigenvalue weighted by atomic mass is 10.1. The number of hydrogen-bond donors (Lipinski definition) is 2. The quantitative estimate of drug-likeness (QED) is 0.215. The van der Waals surface area contributed by atoms with Crippen LogP contribution in [0.2, 0.25) is 0 Å². The van der Waals surface area contributed by atoms with Crippen LogP contribution in [0.5, 0.6) is 0 Å². The summed E-state index contributed by atoms with van der Waals surface area (Å²) in [5.41, 5.74) is -1.77. The maximum absolute atomic E-state index is 10.7. The smallest absolute Gasteiger partial charge is 0.337 e. The van der Waals surface area contributed by atoms with Crippen molar-refractivity contribution in [3.63, 3.8) is 0 Å². The Kier molecular flexibility index (Phi) is 15.4. The number of carboxylic acid groups (broad SMARTS) is 2. The zero-order valence-electron chi connectivity index (χ0n) is 20.5. The van der Waals surface area contributed by atoms with E-state index in [4.69, 9.17) is 10.2 Å². The van der Waals surface area contributed by atoms with Crippen LogP contribution in [-0.4, -0.2) is 59.8 Å². The third kappa shape index (κ3) is 11.5. The molecule has 190 valence electrons. The normalized spacial score (nSPS) is 11.5. The monoisotopic (exact) mass is 504 g/mol. The van der Waals surface area contributed by atoms with E-state index in [1.54, 1.807) is 24.6 Å². The van der Waals surface area contributed by atoms with Gasteiger partial charge in [-0.25, -0.2) is 18.0 Å². The molecule has 0 aromatic heterocycles. The molecular weight excluding hydrogens is 463 g/mol. The number of unbranched alkanes of at least 4 members (excludes halogenated alkanes) is 4. The Morgan fingerprint density at radius 3 is 1.45 bits per heavy atom. The highest BCUT2D eigenvalue weighted by atomic mass is 32.2. The van der Waals surface area contributed by atoms with Gasteiger partial charge in [-0.3, -0.25) is 0 Å². The predicted octanol–water partition coefficient (Wildman–Crippen LogP) is 6.19. The second-order valence-electron chi connectivity index (χ2n) is 8.39. The van der Waals surface area contributed by atoms with Crippen LogP contribution >= 0.6 is 7.26 Å². The van der Waals surface area contributed by atoms with E-state index >= 15 is 0 Å². The van der Waals surface area contributed by atoms with E-state index in [0.717, 1.165) is 18.2 Å². The fourth-order valence-corrected chi connectivity index (χ4v) is 9.77. The maximum Gasteiger partial charge on any atom is 0.337 e. The number of rotatable bonds is 15. The van der Waals surface area contributed by atoms with Crippen molar-refractivity contribution in [2.75, 3.05) is 24.6 Å². The first-order valence-corrected chi connectivity index (χ1v) is 15.8. The van der Waals surface area contributed by atoms with Crippen LogP contribution in [0.1, 0.15) is 99.8 Å². The SMILES string of the molecule is CCCC[P+](CCCC)(CCCC)CCCC.O=C(O)c1cccc(S(=O)(=O)[O-])c1C(=O)O. The first-order valence-electron chi connectivity index (χ1n) is 11.9. The summed E-state index contributed by atoms with van der Waals surface area (Å²) in [5.74, 6) is -3.41. The van der Waals surface area contributed by atoms with Crippen molar-refractivity contribution in [1.82, 2.24) is 0 Å². The number of carbonyl (C=O) groups is 2. The van der Waals surface area contributed by atoms with Gasteiger partial charge in [0.2, 0.25) is 0 Å². The zero-order chi connectivity index (χ0) is 25.5. The van der Waals surface area contributed by atoms with E-state index in [-0.39, 0.29) is 0 Å². The van der Waals surface area contributed by atoms with Crippen LogP contribution < -0.4 is 0 Å². The van der Waals surface area contributed by atoms with Gasteiger partial charge in [-0.1, -0.05) is 59.4 Å². The van der Waals surface area contributed by atoms with Gasteiger partial charge in [0.1, 0.15) is 10.1 Å². The average Bonchev–Trinajstić information content (AvgIpc) is 2.77. The van der Waals surface area contributed by atoms with Crippen molar-refractivity contribution >= 4 is 29.3 Å². The molecule has 0 atom stereocenters. The fraction of sp³-hybridized carbons (Fsp3) is 0.667. The molecule has 9 heteroatoms. The maximum atomic E-state index is 10.7. The fourth-order valence-electron chi connectivity index (χ4n) is 3.78. The van der Waals surface area contributed by atoms with Gasteiger partial charge in [-0.15, -0.1) is 0 Å². The molecule has 0 bridgehead atoms. The number of benzene rings is 1. The minimum atomic E-state index is -5.03. The minimum absolute atomic E-state index is 0.562. The van der Waals surface area contributed by atoms with Crippen molar-refractivity contribution in [3.8, 4) is 0 Å². The molecule has 0 aliphatic rings. The van der Waals surface area contributed by atoms with E-state index in [2.05, 4.69) is 27.7 Å². The summed E-state index contributed by atoms with van der Waals surface area (Å²) >= 11 is 0. The minimum Gasteiger partial charge on any atom is -0.744 e. The average molecular weight is 505 g/mol. The molecule has 0 radical (unpaired) electrons. The largest absolute Gasteiger partial charge is 0.744 e. The van der Waals surface area contributed by atoms with Crippen LogP contribution in [0.3, 0.4) is 0 Å². The van der Waals surface area contributed by atoms with Gasteiger partial charge in [0.25, 0.3) is 0 Å². The first kappa shape index (κ1) is 31.5. The molecule has 33 heavy (non-hydrogen) atoms. The Labute approximate surface area is 200 Å². The van der Waals surface area contributed by atoms with E-state index in [9.17, 15) is 22.6 Å². The molecule has 0 aliphatic heterocycles. The molecule has 7 nitrogen and oxygen atoms in total. The molecule has 0 saturated heterocycles. The summed E-state index contributed by atoms with van der Waals surface area (Å²) in [6.45, 7) is 9.42. The standard InChI is InChI=1S/C16H36P.C8H6O7S/c1-5-9-13-17(14-10-6-2,15-11-7-3)16-12-8-4;9-7(10)4-2-1-3-5(16(13,14)15)6(4)8(11)12/h5-16H2,1-4H3;1-3H,(H,9,10)(H,11,12)(H,13,14,15)/q+1;/p-1. The third-order valence-corrected chi connectivity index (χ3v) is 11.6. The van der Waals surface area contributed by atoms with Crippen molar-refractivity contribution in [2.24, 2.45) is 0 Å². The lowest BCUT2D eigenvalue weighted by Crippen LogP contribution is -2.14.